The minimum Gasteiger partial charge on any atom is -0.394 e. The first-order valence-corrected chi connectivity index (χ1v) is 5.86. The van der Waals surface area contributed by atoms with Crippen LogP contribution in [0.5, 0.6) is 0 Å². The van der Waals surface area contributed by atoms with E-state index in [1.807, 2.05) is 12.3 Å². The van der Waals surface area contributed by atoms with Crippen molar-refractivity contribution < 1.29 is 0 Å². The van der Waals surface area contributed by atoms with Crippen LogP contribution < -0.4 is 11.1 Å². The van der Waals surface area contributed by atoms with E-state index in [1.165, 1.54) is 6.20 Å². The van der Waals surface area contributed by atoms with E-state index < -0.39 is 0 Å². The number of anilines is 2. The van der Waals surface area contributed by atoms with Crippen molar-refractivity contribution in [3.8, 4) is 0 Å². The highest BCUT2D eigenvalue weighted by molar-refractivity contribution is 7.09. The zero-order valence-electron chi connectivity index (χ0n) is 8.51. The van der Waals surface area contributed by atoms with E-state index in [-0.39, 0.29) is 11.3 Å². The monoisotopic (exact) mass is 255 g/mol. The maximum absolute atomic E-state index is 5.73. The lowest BCUT2D eigenvalue weighted by Gasteiger charge is -2.13. The molecular weight excluding hydrogens is 246 g/mol. The summed E-state index contributed by atoms with van der Waals surface area (Å²) >= 11 is 7.26. The molecule has 0 spiro atoms. The molecule has 0 fully saturated rings. The van der Waals surface area contributed by atoms with Crippen LogP contribution in [0.2, 0.25) is 5.28 Å². The fourth-order valence-corrected chi connectivity index (χ4v) is 1.98. The SMILES string of the molecule is CC(Nc1nc(Cl)ncc1N)c1nccs1. The van der Waals surface area contributed by atoms with Crippen LogP contribution in [-0.2, 0) is 0 Å². The quantitative estimate of drug-likeness (QED) is 0.824. The lowest BCUT2D eigenvalue weighted by molar-refractivity contribution is 0.859. The number of nitrogens with two attached hydrogens (primary N) is 1. The van der Waals surface area contributed by atoms with Crippen LogP contribution >= 0.6 is 22.9 Å². The Morgan fingerprint density at radius 3 is 3.00 bits per heavy atom. The number of hydrogen-bond donors (Lipinski definition) is 2. The Kier molecular flexibility index (Phi) is 3.21. The molecule has 84 valence electrons. The third-order valence-corrected chi connectivity index (χ3v) is 3.10. The van der Waals surface area contributed by atoms with Crippen LogP contribution in [0.25, 0.3) is 0 Å². The molecule has 0 aromatic carbocycles. The second-order valence-corrected chi connectivity index (χ2v) is 4.44. The van der Waals surface area contributed by atoms with E-state index in [0.717, 1.165) is 5.01 Å². The molecule has 0 saturated heterocycles. The Labute approximate surface area is 102 Å². The molecule has 3 N–H and O–H groups in total. The van der Waals surface area contributed by atoms with E-state index in [0.29, 0.717) is 11.5 Å². The summed E-state index contributed by atoms with van der Waals surface area (Å²) in [6.45, 7) is 1.98. The van der Waals surface area contributed by atoms with E-state index in [1.54, 1.807) is 17.5 Å². The van der Waals surface area contributed by atoms with E-state index in [9.17, 15) is 0 Å². The minimum absolute atomic E-state index is 0.0354. The first-order valence-electron chi connectivity index (χ1n) is 4.61. The first-order chi connectivity index (χ1) is 7.66. The smallest absolute Gasteiger partial charge is 0.224 e. The normalized spacial score (nSPS) is 12.4. The van der Waals surface area contributed by atoms with Gasteiger partial charge >= 0.3 is 0 Å². The minimum atomic E-state index is 0.0354. The van der Waals surface area contributed by atoms with Gasteiger partial charge in [0.2, 0.25) is 5.28 Å². The van der Waals surface area contributed by atoms with Crippen LogP contribution in [-0.4, -0.2) is 15.0 Å². The molecule has 5 nitrogen and oxygen atoms in total. The van der Waals surface area contributed by atoms with Gasteiger partial charge in [-0.2, -0.15) is 4.98 Å². The van der Waals surface area contributed by atoms with Crippen molar-refractivity contribution in [3.63, 3.8) is 0 Å². The highest BCUT2D eigenvalue weighted by atomic mass is 35.5. The van der Waals surface area contributed by atoms with Gasteiger partial charge in [-0.25, -0.2) is 9.97 Å². The number of nitrogens with one attached hydrogen (secondary N) is 1. The fraction of sp³-hybridized carbons (Fsp3) is 0.222. The van der Waals surface area contributed by atoms with Gasteiger partial charge in [-0.1, -0.05) is 0 Å². The lowest BCUT2D eigenvalue weighted by Crippen LogP contribution is -2.10. The van der Waals surface area contributed by atoms with Crippen LogP contribution in [0.1, 0.15) is 18.0 Å². The number of hydrogen-bond acceptors (Lipinski definition) is 6. The third-order valence-electron chi connectivity index (χ3n) is 1.96. The second kappa shape index (κ2) is 4.63. The summed E-state index contributed by atoms with van der Waals surface area (Å²) in [6.07, 6.45) is 3.24. The Morgan fingerprint density at radius 1 is 1.50 bits per heavy atom. The summed E-state index contributed by atoms with van der Waals surface area (Å²) in [5, 5.41) is 6.20. The first kappa shape index (κ1) is 11.1. The van der Waals surface area contributed by atoms with Crippen molar-refractivity contribution in [2.75, 3.05) is 11.1 Å². The Morgan fingerprint density at radius 2 is 2.31 bits per heavy atom. The van der Waals surface area contributed by atoms with Crippen molar-refractivity contribution in [1.82, 2.24) is 15.0 Å². The molecule has 2 aromatic rings. The van der Waals surface area contributed by atoms with Crippen LogP contribution in [0.3, 0.4) is 0 Å². The van der Waals surface area contributed by atoms with Gasteiger partial charge in [0.05, 0.1) is 17.9 Å². The zero-order valence-corrected chi connectivity index (χ0v) is 10.1. The summed E-state index contributed by atoms with van der Waals surface area (Å²) in [5.41, 5.74) is 6.19. The van der Waals surface area contributed by atoms with Crippen molar-refractivity contribution in [3.05, 3.63) is 28.1 Å². The average molecular weight is 256 g/mol. The molecule has 2 rings (SSSR count). The van der Waals surface area contributed by atoms with E-state index in [4.69, 9.17) is 17.3 Å². The predicted octanol–water partition coefficient (Wildman–Crippen LogP) is 2.34. The molecule has 0 aliphatic carbocycles. The number of aromatic nitrogens is 3. The van der Waals surface area contributed by atoms with Crippen molar-refractivity contribution in [2.45, 2.75) is 13.0 Å². The Bertz CT molecular complexity index is 473. The van der Waals surface area contributed by atoms with Gasteiger partial charge in [0.25, 0.3) is 0 Å². The van der Waals surface area contributed by atoms with Gasteiger partial charge < -0.3 is 11.1 Å². The number of halogens is 1. The summed E-state index contributed by atoms with van der Waals surface area (Å²) < 4.78 is 0. The summed E-state index contributed by atoms with van der Waals surface area (Å²) in [6, 6.07) is 0.0354. The molecule has 0 aliphatic rings. The van der Waals surface area contributed by atoms with Gasteiger partial charge in [0.1, 0.15) is 5.01 Å². The van der Waals surface area contributed by atoms with Crippen LogP contribution in [0.15, 0.2) is 17.8 Å². The fourth-order valence-electron chi connectivity index (χ4n) is 1.20. The molecule has 0 bridgehead atoms. The van der Waals surface area contributed by atoms with Gasteiger partial charge in [-0.05, 0) is 18.5 Å². The van der Waals surface area contributed by atoms with Crippen molar-refractivity contribution >= 4 is 34.4 Å². The number of thiazole rings is 1. The third kappa shape index (κ3) is 2.40. The molecule has 0 aliphatic heterocycles. The van der Waals surface area contributed by atoms with Crippen molar-refractivity contribution in [2.24, 2.45) is 0 Å². The Hall–Kier alpha value is -1.40. The van der Waals surface area contributed by atoms with E-state index in [2.05, 4.69) is 20.3 Å². The molecule has 2 heterocycles. The van der Waals surface area contributed by atoms with Gasteiger partial charge in [0.15, 0.2) is 5.82 Å². The highest BCUT2D eigenvalue weighted by Crippen LogP contribution is 2.23. The van der Waals surface area contributed by atoms with Crippen LogP contribution in [0, 0.1) is 0 Å². The number of nitrogens with zero attached hydrogens (tertiary/aromatic N) is 3. The molecular formula is C9H10ClN5S. The zero-order chi connectivity index (χ0) is 11.5. The van der Waals surface area contributed by atoms with Crippen LogP contribution in [0.4, 0.5) is 11.5 Å². The molecule has 0 amide bonds. The molecule has 0 radical (unpaired) electrons. The predicted molar refractivity (Wildman–Crippen MR) is 65.6 cm³/mol. The maximum atomic E-state index is 5.73. The Balaban J connectivity index is 2.17. The van der Waals surface area contributed by atoms with Gasteiger partial charge in [0, 0.05) is 11.6 Å². The molecule has 1 unspecified atom stereocenters. The second-order valence-electron chi connectivity index (χ2n) is 3.18. The average Bonchev–Trinajstić information content (AvgIpc) is 2.76. The molecule has 0 saturated carbocycles. The standard InChI is InChI=1S/C9H10ClN5S/c1-5(8-12-2-3-16-8)14-7-6(11)4-13-9(10)15-7/h2-5H,11H2,1H3,(H,13,14,15). The topological polar surface area (TPSA) is 76.7 Å². The molecule has 7 heteroatoms. The summed E-state index contributed by atoms with van der Waals surface area (Å²) in [4.78, 5) is 12.0. The number of nitrogen functional groups attached to an aromatic ring is 1. The highest BCUT2D eigenvalue weighted by Gasteiger charge is 2.11. The van der Waals surface area contributed by atoms with Crippen molar-refractivity contribution in [1.29, 1.82) is 0 Å². The van der Waals surface area contributed by atoms with Gasteiger partial charge in [-0.15, -0.1) is 11.3 Å². The summed E-state index contributed by atoms with van der Waals surface area (Å²) in [5.74, 6) is 0.530. The number of rotatable bonds is 3. The molecule has 16 heavy (non-hydrogen) atoms. The molecule has 1 atom stereocenters. The van der Waals surface area contributed by atoms with Gasteiger partial charge in [-0.3, -0.25) is 0 Å². The van der Waals surface area contributed by atoms with E-state index >= 15 is 0 Å². The molecule has 2 aromatic heterocycles. The maximum Gasteiger partial charge on any atom is 0.224 e. The summed E-state index contributed by atoms with van der Waals surface area (Å²) in [7, 11) is 0. The largest absolute Gasteiger partial charge is 0.394 e. The lowest BCUT2D eigenvalue weighted by atomic mass is 10.3.